The normalized spacial score (nSPS) is 14.0. The first kappa shape index (κ1) is 19.8. The molecule has 1 aliphatic rings. The number of ether oxygens (including phenoxy) is 1. The molecule has 0 radical (unpaired) electrons. The molecule has 2 N–H and O–H groups in total. The number of rotatable bonds is 4. The second-order valence-corrected chi connectivity index (χ2v) is 8.34. The summed E-state index contributed by atoms with van der Waals surface area (Å²) in [7, 11) is 3.35. The first-order valence-corrected chi connectivity index (χ1v) is 10.5. The van der Waals surface area contributed by atoms with Crippen LogP contribution < -0.4 is 10.6 Å². The second-order valence-electron chi connectivity index (χ2n) is 6.82. The number of nitrogens with zero attached hydrogens (tertiary/aromatic N) is 2. The third-order valence-corrected chi connectivity index (χ3v) is 6.34. The van der Waals surface area contributed by atoms with Crippen molar-refractivity contribution in [2.45, 2.75) is 52.0 Å². The predicted molar refractivity (Wildman–Crippen MR) is 113 cm³/mol. The van der Waals surface area contributed by atoms with Crippen molar-refractivity contribution in [2.75, 3.05) is 12.4 Å². The molecule has 0 amide bonds. The molecule has 2 aromatic rings. The van der Waals surface area contributed by atoms with Crippen LogP contribution in [0.3, 0.4) is 0 Å². The molecule has 0 bridgehead atoms. The largest absolute Gasteiger partial charge is 0.465 e. The fraction of sp³-hybridized carbons (Fsp3) is 0.526. The maximum Gasteiger partial charge on any atom is 0.341 e. The zero-order chi connectivity index (χ0) is 19.4. The van der Waals surface area contributed by atoms with E-state index in [0.717, 1.165) is 47.6 Å². The monoisotopic (exact) mass is 406 g/mol. The Kier molecular flexibility index (Phi) is 6.49. The van der Waals surface area contributed by atoms with E-state index < -0.39 is 0 Å². The molecule has 2 aromatic heterocycles. The van der Waals surface area contributed by atoms with E-state index in [2.05, 4.69) is 15.7 Å². The predicted octanol–water partition coefficient (Wildman–Crippen LogP) is 3.72. The first-order chi connectivity index (χ1) is 13.0. The van der Waals surface area contributed by atoms with Gasteiger partial charge in [-0.2, -0.15) is 5.10 Å². The van der Waals surface area contributed by atoms with Crippen molar-refractivity contribution in [3.8, 4) is 0 Å². The molecule has 0 aromatic carbocycles. The summed E-state index contributed by atoms with van der Waals surface area (Å²) in [5.41, 5.74) is 3.80. The van der Waals surface area contributed by atoms with Crippen LogP contribution >= 0.6 is 23.6 Å². The number of hydrogen-bond donors (Lipinski definition) is 2. The topological polar surface area (TPSA) is 68.2 Å². The fourth-order valence-electron chi connectivity index (χ4n) is 3.36. The molecular formula is C19H26N4O2S2. The molecule has 0 saturated heterocycles. The summed E-state index contributed by atoms with van der Waals surface area (Å²) in [6, 6.07) is 2.02. The summed E-state index contributed by atoms with van der Waals surface area (Å²) in [4.78, 5) is 13.7. The number of fused-ring (bicyclic) bond motifs is 1. The zero-order valence-electron chi connectivity index (χ0n) is 16.1. The smallest absolute Gasteiger partial charge is 0.341 e. The molecule has 8 heteroatoms. The average Bonchev–Trinajstić information content (AvgIpc) is 3.12. The van der Waals surface area contributed by atoms with Gasteiger partial charge in [0.05, 0.1) is 24.9 Å². The van der Waals surface area contributed by atoms with Crippen molar-refractivity contribution in [2.24, 2.45) is 7.05 Å². The van der Waals surface area contributed by atoms with Crippen LogP contribution in [-0.4, -0.2) is 28.0 Å². The van der Waals surface area contributed by atoms with Gasteiger partial charge >= 0.3 is 5.97 Å². The number of thiocarbonyl (C=S) groups is 1. The van der Waals surface area contributed by atoms with Crippen molar-refractivity contribution in [1.29, 1.82) is 0 Å². The minimum atomic E-state index is -0.293. The van der Waals surface area contributed by atoms with Gasteiger partial charge in [0.1, 0.15) is 5.00 Å². The summed E-state index contributed by atoms with van der Waals surface area (Å²) in [6.45, 7) is 2.54. The fourth-order valence-corrected chi connectivity index (χ4v) is 4.89. The summed E-state index contributed by atoms with van der Waals surface area (Å²) in [6.07, 6.45) is 6.66. The Morgan fingerprint density at radius 3 is 2.74 bits per heavy atom. The van der Waals surface area contributed by atoms with Gasteiger partial charge in [-0.15, -0.1) is 11.3 Å². The third-order valence-electron chi connectivity index (χ3n) is 4.88. The summed E-state index contributed by atoms with van der Waals surface area (Å²) in [5.74, 6) is -0.293. The van der Waals surface area contributed by atoms with Crippen molar-refractivity contribution >= 4 is 39.6 Å². The highest BCUT2D eigenvalue weighted by atomic mass is 32.1. The van der Waals surface area contributed by atoms with Gasteiger partial charge in [-0.3, -0.25) is 4.68 Å². The standard InChI is InChI=1S/C19H26N4O2S2/c1-12-10-13(22-23(12)2)11-20-19(26)21-17-16(18(24)25-3)14-8-6-4-5-7-9-15(14)27-17/h10H,4-9,11H2,1-3H3,(H2,20,21,26). The van der Waals surface area contributed by atoms with Gasteiger partial charge in [0, 0.05) is 17.6 Å². The lowest BCUT2D eigenvalue weighted by molar-refractivity contribution is 0.0601. The van der Waals surface area contributed by atoms with Crippen molar-refractivity contribution in [3.05, 3.63) is 33.5 Å². The van der Waals surface area contributed by atoms with Crippen LogP contribution in [0.15, 0.2) is 6.07 Å². The van der Waals surface area contributed by atoms with E-state index in [-0.39, 0.29) is 5.97 Å². The van der Waals surface area contributed by atoms with Crippen molar-refractivity contribution < 1.29 is 9.53 Å². The number of esters is 1. The Bertz CT molecular complexity index is 822. The summed E-state index contributed by atoms with van der Waals surface area (Å²) in [5, 5.41) is 12.1. The first-order valence-electron chi connectivity index (χ1n) is 9.26. The van der Waals surface area contributed by atoms with Gasteiger partial charge in [-0.05, 0) is 56.5 Å². The molecule has 146 valence electrons. The second kappa shape index (κ2) is 8.84. The maximum atomic E-state index is 12.4. The Balaban J connectivity index is 1.75. The number of thiophene rings is 1. The van der Waals surface area contributed by atoms with Crippen LogP contribution in [0.2, 0.25) is 0 Å². The molecular weight excluding hydrogens is 380 g/mol. The summed E-state index contributed by atoms with van der Waals surface area (Å²) >= 11 is 7.07. The Hall–Kier alpha value is -1.93. The molecule has 0 saturated carbocycles. The highest BCUT2D eigenvalue weighted by molar-refractivity contribution is 7.80. The van der Waals surface area contributed by atoms with Crippen LogP contribution in [0.5, 0.6) is 0 Å². The third kappa shape index (κ3) is 4.68. The van der Waals surface area contributed by atoms with E-state index in [9.17, 15) is 4.79 Å². The Morgan fingerprint density at radius 2 is 2.07 bits per heavy atom. The van der Waals surface area contributed by atoms with Crippen LogP contribution in [-0.2, 0) is 31.2 Å². The minimum absolute atomic E-state index is 0.293. The highest BCUT2D eigenvalue weighted by Gasteiger charge is 2.25. The molecule has 0 atom stereocenters. The van der Waals surface area contributed by atoms with Gasteiger partial charge < -0.3 is 15.4 Å². The number of carbonyl (C=O) groups excluding carboxylic acids is 1. The lowest BCUT2D eigenvalue weighted by Crippen LogP contribution is -2.28. The number of aromatic nitrogens is 2. The quantitative estimate of drug-likeness (QED) is 0.596. The number of hydrogen-bond acceptors (Lipinski definition) is 5. The number of anilines is 1. The molecule has 0 spiro atoms. The van der Waals surface area contributed by atoms with Crippen LogP contribution in [0, 0.1) is 6.92 Å². The van der Waals surface area contributed by atoms with E-state index in [1.807, 2.05) is 24.7 Å². The van der Waals surface area contributed by atoms with E-state index in [1.165, 1.54) is 24.8 Å². The Morgan fingerprint density at radius 1 is 1.33 bits per heavy atom. The molecule has 27 heavy (non-hydrogen) atoms. The lowest BCUT2D eigenvalue weighted by atomic mass is 9.96. The van der Waals surface area contributed by atoms with Gasteiger partial charge in [-0.1, -0.05) is 12.8 Å². The number of aryl methyl sites for hydroxylation is 3. The van der Waals surface area contributed by atoms with Crippen molar-refractivity contribution in [1.82, 2.24) is 15.1 Å². The molecule has 3 rings (SSSR count). The molecule has 2 heterocycles. The van der Waals surface area contributed by atoms with Gasteiger partial charge in [0.25, 0.3) is 0 Å². The van der Waals surface area contributed by atoms with E-state index in [0.29, 0.717) is 17.2 Å². The van der Waals surface area contributed by atoms with Crippen LogP contribution in [0.25, 0.3) is 0 Å². The molecule has 0 fully saturated rings. The van der Waals surface area contributed by atoms with E-state index in [1.54, 1.807) is 11.3 Å². The van der Waals surface area contributed by atoms with E-state index in [4.69, 9.17) is 17.0 Å². The summed E-state index contributed by atoms with van der Waals surface area (Å²) < 4.78 is 6.89. The zero-order valence-corrected chi connectivity index (χ0v) is 17.7. The SMILES string of the molecule is COC(=O)c1c(NC(=S)NCc2cc(C)n(C)n2)sc2c1CCCCCC2. The van der Waals surface area contributed by atoms with Gasteiger partial charge in [-0.25, -0.2) is 4.79 Å². The van der Waals surface area contributed by atoms with Crippen LogP contribution in [0.1, 0.15) is 57.9 Å². The Labute approximate surface area is 169 Å². The number of carbonyl (C=O) groups is 1. The van der Waals surface area contributed by atoms with Gasteiger partial charge in [0.15, 0.2) is 5.11 Å². The maximum absolute atomic E-state index is 12.4. The number of methoxy groups -OCH3 is 1. The average molecular weight is 407 g/mol. The van der Waals surface area contributed by atoms with E-state index >= 15 is 0 Å². The molecule has 0 unspecified atom stereocenters. The molecule has 6 nitrogen and oxygen atoms in total. The highest BCUT2D eigenvalue weighted by Crippen LogP contribution is 2.37. The lowest BCUT2D eigenvalue weighted by Gasteiger charge is -2.11. The van der Waals surface area contributed by atoms with Crippen LogP contribution in [0.4, 0.5) is 5.00 Å². The van der Waals surface area contributed by atoms with Crippen molar-refractivity contribution in [3.63, 3.8) is 0 Å². The minimum Gasteiger partial charge on any atom is -0.465 e. The molecule has 1 aliphatic carbocycles. The van der Waals surface area contributed by atoms with Gasteiger partial charge in [0.2, 0.25) is 0 Å². The number of nitrogens with one attached hydrogen (secondary N) is 2. The molecule has 0 aliphatic heterocycles.